The molecule has 0 aliphatic heterocycles. The van der Waals surface area contributed by atoms with E-state index in [1.807, 2.05) is 0 Å². The van der Waals surface area contributed by atoms with Crippen LogP contribution in [-0.2, 0) is 10.2 Å². The third kappa shape index (κ3) is 0.872. The number of hydrogen-bond donors (Lipinski definition) is 0. The summed E-state index contributed by atoms with van der Waals surface area (Å²) in [6.45, 7) is 0.765. The maximum Gasteiger partial charge on any atom is 0.308 e. The SMILES string of the molecule is CC(F)(F)C12CC(S(=O)(=O)F)(C1)C2. The topological polar surface area (TPSA) is 34.1 Å². The first-order valence-corrected chi connectivity index (χ1v) is 5.32. The molecule has 3 saturated carbocycles. The summed E-state index contributed by atoms with van der Waals surface area (Å²) in [7, 11) is -4.63. The summed E-state index contributed by atoms with van der Waals surface area (Å²) in [6, 6.07) is 0. The molecule has 0 heterocycles. The van der Waals surface area contributed by atoms with Crippen LogP contribution in [0.2, 0.25) is 0 Å². The largest absolute Gasteiger partial charge is 0.308 e. The Hall–Kier alpha value is -0.260. The Bertz CT molecular complexity index is 335. The first-order chi connectivity index (χ1) is 5.62. The molecule has 3 rings (SSSR count). The lowest BCUT2D eigenvalue weighted by Crippen LogP contribution is -2.74. The van der Waals surface area contributed by atoms with E-state index in [1.54, 1.807) is 0 Å². The second-order valence-electron chi connectivity index (χ2n) is 4.32. The molecule has 0 atom stereocenters. The van der Waals surface area contributed by atoms with Gasteiger partial charge in [0.2, 0.25) is 0 Å². The van der Waals surface area contributed by atoms with Gasteiger partial charge in [-0.1, -0.05) is 0 Å². The summed E-state index contributed by atoms with van der Waals surface area (Å²) in [5, 5.41) is 0. The Kier molecular flexibility index (Phi) is 1.36. The number of alkyl halides is 2. The normalized spacial score (nSPS) is 43.7. The first kappa shape index (κ1) is 9.30. The molecule has 76 valence electrons. The van der Waals surface area contributed by atoms with Gasteiger partial charge in [0.15, 0.2) is 0 Å². The van der Waals surface area contributed by atoms with Crippen LogP contribution >= 0.6 is 0 Å². The Balaban J connectivity index is 2.18. The van der Waals surface area contributed by atoms with E-state index in [2.05, 4.69) is 0 Å². The van der Waals surface area contributed by atoms with Crippen molar-refractivity contribution in [3.05, 3.63) is 0 Å². The van der Waals surface area contributed by atoms with Gasteiger partial charge in [0.05, 0.1) is 0 Å². The highest BCUT2D eigenvalue weighted by atomic mass is 32.3. The number of halogens is 3. The number of hydrogen-bond acceptors (Lipinski definition) is 2. The lowest BCUT2D eigenvalue weighted by molar-refractivity contribution is -0.241. The summed E-state index contributed by atoms with van der Waals surface area (Å²) in [5.41, 5.74) is -1.23. The summed E-state index contributed by atoms with van der Waals surface area (Å²) >= 11 is 0. The van der Waals surface area contributed by atoms with Crippen LogP contribution in [0.25, 0.3) is 0 Å². The maximum atomic E-state index is 12.8. The molecule has 3 fully saturated rings. The lowest BCUT2D eigenvalue weighted by atomic mass is 9.41. The van der Waals surface area contributed by atoms with E-state index in [1.165, 1.54) is 0 Å². The summed E-state index contributed by atoms with van der Waals surface area (Å²) in [5.74, 6) is -2.89. The molecule has 0 radical (unpaired) electrons. The van der Waals surface area contributed by atoms with Crippen LogP contribution in [0.15, 0.2) is 0 Å². The van der Waals surface area contributed by atoms with Crippen molar-refractivity contribution in [2.24, 2.45) is 5.41 Å². The van der Waals surface area contributed by atoms with Gasteiger partial charge in [-0.15, -0.1) is 3.89 Å². The molecule has 2 bridgehead atoms. The average molecular weight is 214 g/mol. The highest BCUT2D eigenvalue weighted by Gasteiger charge is 2.81. The highest BCUT2D eigenvalue weighted by Crippen LogP contribution is 2.76. The van der Waals surface area contributed by atoms with Gasteiger partial charge >= 0.3 is 10.2 Å². The molecular weight excluding hydrogens is 205 g/mol. The van der Waals surface area contributed by atoms with Gasteiger partial charge in [-0.3, -0.25) is 0 Å². The van der Waals surface area contributed by atoms with Gasteiger partial charge in [-0.05, 0) is 26.2 Å². The van der Waals surface area contributed by atoms with Crippen molar-refractivity contribution in [3.8, 4) is 0 Å². The predicted octanol–water partition coefficient (Wildman–Crippen LogP) is 1.86. The molecule has 0 amide bonds. The molecule has 6 heteroatoms. The Morgan fingerprint density at radius 1 is 1.23 bits per heavy atom. The van der Waals surface area contributed by atoms with Crippen LogP contribution in [0.1, 0.15) is 26.2 Å². The van der Waals surface area contributed by atoms with E-state index >= 15 is 0 Å². The molecule has 2 nitrogen and oxygen atoms in total. The third-order valence-corrected chi connectivity index (χ3v) is 4.90. The molecule has 3 aliphatic rings. The Morgan fingerprint density at radius 3 is 1.85 bits per heavy atom. The van der Waals surface area contributed by atoms with Gasteiger partial charge in [0, 0.05) is 5.41 Å². The van der Waals surface area contributed by atoms with Gasteiger partial charge in [-0.25, -0.2) is 8.78 Å². The van der Waals surface area contributed by atoms with E-state index in [9.17, 15) is 21.1 Å². The highest BCUT2D eigenvalue weighted by molar-refractivity contribution is 7.88. The first-order valence-electron chi connectivity index (χ1n) is 3.94. The number of rotatable bonds is 2. The quantitative estimate of drug-likeness (QED) is 0.657. The molecule has 13 heavy (non-hydrogen) atoms. The lowest BCUT2D eigenvalue weighted by Gasteiger charge is -2.69. The van der Waals surface area contributed by atoms with Crippen molar-refractivity contribution in [3.63, 3.8) is 0 Å². The van der Waals surface area contributed by atoms with E-state index in [0.717, 1.165) is 6.92 Å². The molecule has 0 aromatic heterocycles. The minimum Gasteiger partial charge on any atom is -0.207 e. The van der Waals surface area contributed by atoms with Crippen LogP contribution in [0, 0.1) is 5.41 Å². The minimum absolute atomic E-state index is 0.220. The van der Waals surface area contributed by atoms with Gasteiger partial charge in [0.1, 0.15) is 4.75 Å². The van der Waals surface area contributed by atoms with Crippen molar-refractivity contribution in [2.75, 3.05) is 0 Å². The van der Waals surface area contributed by atoms with Gasteiger partial charge in [0.25, 0.3) is 5.92 Å². The Labute approximate surface area is 74.3 Å². The van der Waals surface area contributed by atoms with Gasteiger partial charge in [-0.2, -0.15) is 8.42 Å². The van der Waals surface area contributed by atoms with Gasteiger partial charge < -0.3 is 0 Å². The second-order valence-corrected chi connectivity index (χ2v) is 6.06. The zero-order chi connectivity index (χ0) is 10.1. The van der Waals surface area contributed by atoms with E-state index < -0.39 is 26.3 Å². The standard InChI is InChI=1S/C7H9F3O2S/c1-5(8,9)6-2-7(3-6,4-6)13(10,11)12/h2-4H2,1H3. The van der Waals surface area contributed by atoms with Crippen molar-refractivity contribution >= 4 is 10.2 Å². The molecular formula is C7H9F3O2S. The summed E-state index contributed by atoms with van der Waals surface area (Å²) in [6.07, 6.45) is -0.660. The van der Waals surface area contributed by atoms with E-state index in [0.29, 0.717) is 0 Å². The Morgan fingerprint density at radius 2 is 1.62 bits per heavy atom. The fourth-order valence-electron chi connectivity index (χ4n) is 2.42. The van der Waals surface area contributed by atoms with E-state index in [-0.39, 0.29) is 19.3 Å². The molecule has 0 N–H and O–H groups in total. The predicted molar refractivity (Wildman–Crippen MR) is 39.7 cm³/mol. The average Bonchev–Trinajstić information content (AvgIpc) is 1.41. The fourth-order valence-corrected chi connectivity index (χ4v) is 3.77. The molecule has 3 aliphatic carbocycles. The third-order valence-electron chi connectivity index (χ3n) is 3.43. The molecule has 0 unspecified atom stereocenters. The zero-order valence-corrected chi connectivity index (χ0v) is 7.80. The van der Waals surface area contributed by atoms with Crippen LogP contribution < -0.4 is 0 Å². The molecule has 0 aromatic rings. The summed E-state index contributed by atoms with van der Waals surface area (Å²) < 4.78 is 57.8. The maximum absolute atomic E-state index is 12.8. The van der Waals surface area contributed by atoms with Crippen LogP contribution in [0.3, 0.4) is 0 Å². The monoisotopic (exact) mass is 214 g/mol. The van der Waals surface area contributed by atoms with Crippen LogP contribution in [0.4, 0.5) is 12.7 Å². The minimum atomic E-state index is -4.63. The zero-order valence-electron chi connectivity index (χ0n) is 6.98. The van der Waals surface area contributed by atoms with E-state index in [4.69, 9.17) is 0 Å². The van der Waals surface area contributed by atoms with Crippen LogP contribution in [-0.4, -0.2) is 19.1 Å². The smallest absolute Gasteiger partial charge is 0.207 e. The van der Waals surface area contributed by atoms with Crippen molar-refractivity contribution in [1.82, 2.24) is 0 Å². The second kappa shape index (κ2) is 1.89. The molecule has 0 saturated heterocycles. The van der Waals surface area contributed by atoms with Crippen molar-refractivity contribution in [2.45, 2.75) is 36.9 Å². The molecule has 0 spiro atoms. The van der Waals surface area contributed by atoms with Crippen LogP contribution in [0.5, 0.6) is 0 Å². The van der Waals surface area contributed by atoms with Crippen molar-refractivity contribution in [1.29, 1.82) is 0 Å². The van der Waals surface area contributed by atoms with Crippen molar-refractivity contribution < 1.29 is 21.1 Å². The molecule has 0 aromatic carbocycles. The fraction of sp³-hybridized carbons (Fsp3) is 1.00. The summed E-state index contributed by atoms with van der Waals surface area (Å²) in [4.78, 5) is 0.